The van der Waals surface area contributed by atoms with Crippen LogP contribution >= 0.6 is 11.3 Å². The minimum absolute atomic E-state index is 0.144. The van der Waals surface area contributed by atoms with E-state index in [1.165, 1.54) is 4.88 Å². The lowest BCUT2D eigenvalue weighted by Gasteiger charge is -2.28. The van der Waals surface area contributed by atoms with Crippen molar-refractivity contribution in [2.75, 3.05) is 40.3 Å². The fourth-order valence-corrected chi connectivity index (χ4v) is 2.71. The highest BCUT2D eigenvalue weighted by Gasteiger charge is 2.14. The van der Waals surface area contributed by atoms with E-state index in [-0.39, 0.29) is 6.04 Å². The molecule has 1 rings (SSSR count). The summed E-state index contributed by atoms with van der Waals surface area (Å²) in [5.74, 6) is 0.683. The molecule has 0 fully saturated rings. The van der Waals surface area contributed by atoms with Gasteiger partial charge in [-0.3, -0.25) is 4.90 Å². The van der Waals surface area contributed by atoms with Crippen molar-refractivity contribution in [2.24, 2.45) is 11.7 Å². The highest BCUT2D eigenvalue weighted by atomic mass is 32.1. The molecule has 0 aliphatic rings. The molecule has 0 aliphatic carbocycles. The molecule has 1 aromatic heterocycles. The molecule has 0 aromatic carbocycles. The Kier molecular flexibility index (Phi) is 6.86. The van der Waals surface area contributed by atoms with Gasteiger partial charge < -0.3 is 10.6 Å². The second-order valence-electron chi connectivity index (χ2n) is 5.58. The van der Waals surface area contributed by atoms with Crippen LogP contribution in [0, 0.1) is 5.92 Å². The van der Waals surface area contributed by atoms with Crippen LogP contribution in [0.3, 0.4) is 0 Å². The molecule has 1 heterocycles. The maximum atomic E-state index is 6.28. The molecule has 0 radical (unpaired) electrons. The van der Waals surface area contributed by atoms with Crippen LogP contribution < -0.4 is 5.73 Å². The first kappa shape index (κ1) is 15.6. The third-order valence-corrected chi connectivity index (χ3v) is 3.85. The van der Waals surface area contributed by atoms with Gasteiger partial charge in [0.15, 0.2) is 0 Å². The summed E-state index contributed by atoms with van der Waals surface area (Å²) in [4.78, 5) is 5.99. The third kappa shape index (κ3) is 5.96. The first-order chi connectivity index (χ1) is 8.49. The molecule has 1 atom stereocenters. The second kappa shape index (κ2) is 7.89. The van der Waals surface area contributed by atoms with Gasteiger partial charge >= 0.3 is 0 Å². The minimum Gasteiger partial charge on any atom is -0.322 e. The molecule has 0 saturated heterocycles. The number of nitrogens with zero attached hydrogens (tertiary/aromatic N) is 2. The standard InChI is InChI=1S/C14H27N3S/c1-12(2)10-17(8-7-16(3)4)11-13(15)14-6-5-9-18-14/h5-6,9,12-13H,7-8,10-11,15H2,1-4H3. The maximum absolute atomic E-state index is 6.28. The van der Waals surface area contributed by atoms with Crippen LogP contribution in [0.2, 0.25) is 0 Å². The molecule has 0 bridgehead atoms. The predicted molar refractivity (Wildman–Crippen MR) is 81.1 cm³/mol. The Hall–Kier alpha value is -0.420. The maximum Gasteiger partial charge on any atom is 0.0519 e. The number of hydrogen-bond acceptors (Lipinski definition) is 4. The molecule has 1 aromatic rings. The van der Waals surface area contributed by atoms with E-state index in [0.29, 0.717) is 5.92 Å². The van der Waals surface area contributed by atoms with Gasteiger partial charge in [0.05, 0.1) is 6.04 Å². The van der Waals surface area contributed by atoms with Crippen LogP contribution in [-0.2, 0) is 0 Å². The Labute approximate surface area is 116 Å². The van der Waals surface area contributed by atoms with Gasteiger partial charge in [-0.25, -0.2) is 0 Å². The number of nitrogens with two attached hydrogens (primary N) is 1. The van der Waals surface area contributed by atoms with E-state index in [1.54, 1.807) is 11.3 Å². The number of hydrogen-bond donors (Lipinski definition) is 1. The molecule has 4 heteroatoms. The molecular weight excluding hydrogens is 242 g/mol. The summed E-state index contributed by atoms with van der Waals surface area (Å²) in [6.07, 6.45) is 0. The summed E-state index contributed by atoms with van der Waals surface area (Å²) in [6.45, 7) is 8.77. The van der Waals surface area contributed by atoms with E-state index in [9.17, 15) is 0 Å². The van der Waals surface area contributed by atoms with Gasteiger partial charge in [0, 0.05) is 31.1 Å². The van der Waals surface area contributed by atoms with Crippen LogP contribution in [0.5, 0.6) is 0 Å². The Morgan fingerprint density at radius 2 is 1.94 bits per heavy atom. The molecule has 0 aliphatic heterocycles. The van der Waals surface area contributed by atoms with Crippen molar-refractivity contribution in [1.29, 1.82) is 0 Å². The van der Waals surface area contributed by atoms with E-state index in [1.807, 2.05) is 0 Å². The lowest BCUT2D eigenvalue weighted by atomic mass is 10.1. The fourth-order valence-electron chi connectivity index (χ4n) is 1.99. The number of rotatable bonds is 8. The van der Waals surface area contributed by atoms with Crippen LogP contribution in [0.15, 0.2) is 17.5 Å². The fraction of sp³-hybridized carbons (Fsp3) is 0.714. The molecule has 104 valence electrons. The van der Waals surface area contributed by atoms with Gasteiger partial charge in [-0.2, -0.15) is 0 Å². The number of thiophene rings is 1. The van der Waals surface area contributed by atoms with Crippen molar-refractivity contribution in [3.8, 4) is 0 Å². The van der Waals surface area contributed by atoms with Crippen molar-refractivity contribution in [1.82, 2.24) is 9.80 Å². The summed E-state index contributed by atoms with van der Waals surface area (Å²) in [6, 6.07) is 4.35. The lowest BCUT2D eigenvalue weighted by molar-refractivity contribution is 0.209. The normalized spacial score (nSPS) is 13.8. The van der Waals surface area contributed by atoms with Crippen molar-refractivity contribution in [3.05, 3.63) is 22.4 Å². The average Bonchev–Trinajstić information content (AvgIpc) is 2.78. The molecule has 0 amide bonds. The summed E-state index contributed by atoms with van der Waals surface area (Å²) >= 11 is 1.75. The smallest absolute Gasteiger partial charge is 0.0519 e. The Balaban J connectivity index is 2.49. The second-order valence-corrected chi connectivity index (χ2v) is 6.56. The van der Waals surface area contributed by atoms with Crippen LogP contribution in [0.4, 0.5) is 0 Å². The Bertz CT molecular complexity index is 309. The van der Waals surface area contributed by atoms with Gasteiger partial charge in [-0.1, -0.05) is 19.9 Å². The minimum atomic E-state index is 0.144. The zero-order valence-corrected chi connectivity index (χ0v) is 12.9. The number of likely N-dealkylation sites (N-methyl/N-ethyl adjacent to an activating group) is 1. The Morgan fingerprint density at radius 3 is 2.44 bits per heavy atom. The van der Waals surface area contributed by atoms with E-state index >= 15 is 0 Å². The van der Waals surface area contributed by atoms with Gasteiger partial charge in [0.2, 0.25) is 0 Å². The van der Waals surface area contributed by atoms with E-state index < -0.39 is 0 Å². The van der Waals surface area contributed by atoms with Gasteiger partial charge in [-0.05, 0) is 31.5 Å². The average molecular weight is 269 g/mol. The predicted octanol–water partition coefficient (Wildman–Crippen LogP) is 2.27. The monoisotopic (exact) mass is 269 g/mol. The van der Waals surface area contributed by atoms with E-state index in [4.69, 9.17) is 5.73 Å². The zero-order chi connectivity index (χ0) is 13.5. The quantitative estimate of drug-likeness (QED) is 0.786. The molecule has 0 spiro atoms. The van der Waals surface area contributed by atoms with E-state index in [0.717, 1.165) is 26.2 Å². The largest absolute Gasteiger partial charge is 0.322 e. The summed E-state index contributed by atoms with van der Waals surface area (Å²) in [5.41, 5.74) is 6.28. The first-order valence-electron chi connectivity index (χ1n) is 6.65. The van der Waals surface area contributed by atoms with Crippen LogP contribution in [0.1, 0.15) is 24.8 Å². The zero-order valence-electron chi connectivity index (χ0n) is 12.1. The van der Waals surface area contributed by atoms with E-state index in [2.05, 4.69) is 55.3 Å². The van der Waals surface area contributed by atoms with Crippen molar-refractivity contribution in [3.63, 3.8) is 0 Å². The highest BCUT2D eigenvalue weighted by molar-refractivity contribution is 7.10. The lowest BCUT2D eigenvalue weighted by Crippen LogP contribution is -2.38. The van der Waals surface area contributed by atoms with Crippen LogP contribution in [-0.4, -0.2) is 50.1 Å². The van der Waals surface area contributed by atoms with Crippen LogP contribution in [0.25, 0.3) is 0 Å². The van der Waals surface area contributed by atoms with Gasteiger partial charge in [0.25, 0.3) is 0 Å². The van der Waals surface area contributed by atoms with Gasteiger partial charge in [0.1, 0.15) is 0 Å². The van der Waals surface area contributed by atoms with Gasteiger partial charge in [-0.15, -0.1) is 11.3 Å². The molecule has 2 N–H and O–H groups in total. The van der Waals surface area contributed by atoms with Crippen molar-refractivity contribution >= 4 is 11.3 Å². The first-order valence-corrected chi connectivity index (χ1v) is 7.53. The topological polar surface area (TPSA) is 32.5 Å². The third-order valence-electron chi connectivity index (χ3n) is 2.85. The summed E-state index contributed by atoms with van der Waals surface area (Å²) < 4.78 is 0. The molecular formula is C14H27N3S. The molecule has 0 saturated carbocycles. The van der Waals surface area contributed by atoms with Crippen molar-refractivity contribution in [2.45, 2.75) is 19.9 Å². The molecule has 3 nitrogen and oxygen atoms in total. The summed E-state index contributed by atoms with van der Waals surface area (Å²) in [7, 11) is 4.24. The highest BCUT2D eigenvalue weighted by Crippen LogP contribution is 2.18. The van der Waals surface area contributed by atoms with Crippen molar-refractivity contribution < 1.29 is 0 Å². The SMILES string of the molecule is CC(C)CN(CCN(C)C)CC(N)c1cccs1. The summed E-state index contributed by atoms with van der Waals surface area (Å²) in [5, 5.41) is 2.10. The Morgan fingerprint density at radius 1 is 1.22 bits per heavy atom. The molecule has 1 unspecified atom stereocenters. The molecule has 18 heavy (non-hydrogen) atoms.